The van der Waals surface area contributed by atoms with Gasteiger partial charge in [-0.05, 0) is 42.3 Å². The molecule has 1 amide bonds. The van der Waals surface area contributed by atoms with E-state index in [1.807, 2.05) is 58.9 Å². The molecule has 0 spiro atoms. The molecule has 144 valence electrons. The average molecular weight is 400 g/mol. The van der Waals surface area contributed by atoms with E-state index in [0.717, 1.165) is 50.6 Å². The van der Waals surface area contributed by atoms with Crippen LogP contribution in [0, 0.1) is 13.8 Å². The zero-order chi connectivity index (χ0) is 20.0. The van der Waals surface area contributed by atoms with Crippen LogP contribution in [0.2, 0.25) is 0 Å². The van der Waals surface area contributed by atoms with E-state index in [-0.39, 0.29) is 5.91 Å². The first-order chi connectivity index (χ1) is 14.1. The number of amides is 1. The fourth-order valence-corrected chi connectivity index (χ4v) is 4.99. The van der Waals surface area contributed by atoms with Crippen LogP contribution in [0.5, 0.6) is 0 Å². The summed E-state index contributed by atoms with van der Waals surface area (Å²) in [5, 5.41) is 10.0. The predicted molar refractivity (Wildman–Crippen MR) is 120 cm³/mol. The summed E-state index contributed by atoms with van der Waals surface area (Å²) in [6.07, 6.45) is 0. The summed E-state index contributed by atoms with van der Waals surface area (Å²) in [7, 11) is 0. The van der Waals surface area contributed by atoms with Gasteiger partial charge in [0.05, 0.1) is 11.4 Å². The number of rotatable bonds is 3. The Morgan fingerprint density at radius 2 is 1.86 bits per heavy atom. The SMILES string of the molecule is Cc1ccc(-n2nc3c(c2NC(=O)c2cccc4ccccc24)CSC3)c(C)c1. The number of anilines is 1. The van der Waals surface area contributed by atoms with E-state index in [9.17, 15) is 4.79 Å². The molecule has 0 atom stereocenters. The Balaban J connectivity index is 1.60. The molecule has 0 unspecified atom stereocenters. The molecule has 0 fully saturated rings. The molecule has 1 aliphatic heterocycles. The Morgan fingerprint density at radius 3 is 2.72 bits per heavy atom. The lowest BCUT2D eigenvalue weighted by Crippen LogP contribution is -2.17. The molecule has 5 rings (SSSR count). The number of aromatic nitrogens is 2. The number of carbonyl (C=O) groups is 1. The van der Waals surface area contributed by atoms with Crippen molar-refractivity contribution in [3.63, 3.8) is 0 Å². The van der Waals surface area contributed by atoms with Gasteiger partial charge in [0.15, 0.2) is 0 Å². The minimum atomic E-state index is -0.104. The number of hydrogen-bond acceptors (Lipinski definition) is 3. The monoisotopic (exact) mass is 399 g/mol. The highest BCUT2D eigenvalue weighted by atomic mass is 32.2. The molecule has 1 N–H and O–H groups in total. The Morgan fingerprint density at radius 1 is 1.03 bits per heavy atom. The quantitative estimate of drug-likeness (QED) is 0.485. The summed E-state index contributed by atoms with van der Waals surface area (Å²) in [6.45, 7) is 4.17. The van der Waals surface area contributed by atoms with Crippen molar-refractivity contribution in [1.29, 1.82) is 0 Å². The fraction of sp³-hybridized carbons (Fsp3) is 0.167. The van der Waals surface area contributed by atoms with Crippen molar-refractivity contribution in [3.05, 3.63) is 88.6 Å². The highest BCUT2D eigenvalue weighted by Crippen LogP contribution is 2.37. The van der Waals surface area contributed by atoms with Gasteiger partial charge in [0.2, 0.25) is 0 Å². The Labute approximate surface area is 173 Å². The zero-order valence-corrected chi connectivity index (χ0v) is 17.2. The van der Waals surface area contributed by atoms with Crippen LogP contribution in [-0.4, -0.2) is 15.7 Å². The number of aryl methyl sites for hydroxylation is 2. The van der Waals surface area contributed by atoms with Gasteiger partial charge < -0.3 is 5.32 Å². The highest BCUT2D eigenvalue weighted by Gasteiger charge is 2.26. The number of fused-ring (bicyclic) bond motifs is 2. The standard InChI is InChI=1S/C24H21N3OS/c1-15-10-11-22(16(2)12-15)27-23(20-13-29-14-21(20)26-27)25-24(28)19-9-5-7-17-6-3-4-8-18(17)19/h3-12H,13-14H2,1-2H3,(H,25,28). The number of hydrogen-bond donors (Lipinski definition) is 1. The first-order valence-electron chi connectivity index (χ1n) is 9.67. The maximum atomic E-state index is 13.3. The highest BCUT2D eigenvalue weighted by molar-refractivity contribution is 7.98. The number of thioether (sulfide) groups is 1. The second kappa shape index (κ2) is 7.08. The van der Waals surface area contributed by atoms with Gasteiger partial charge in [-0.15, -0.1) is 0 Å². The van der Waals surface area contributed by atoms with E-state index < -0.39 is 0 Å². The van der Waals surface area contributed by atoms with Crippen molar-refractivity contribution < 1.29 is 4.79 Å². The third kappa shape index (κ3) is 3.12. The molecule has 0 aliphatic carbocycles. The molecule has 0 saturated carbocycles. The lowest BCUT2D eigenvalue weighted by atomic mass is 10.0. The lowest BCUT2D eigenvalue weighted by molar-refractivity contribution is 0.102. The molecular formula is C24H21N3OS. The smallest absolute Gasteiger partial charge is 0.257 e. The summed E-state index contributed by atoms with van der Waals surface area (Å²) in [6, 6.07) is 20.1. The third-order valence-corrected chi connectivity index (χ3v) is 6.37. The first kappa shape index (κ1) is 18.0. The average Bonchev–Trinajstić information content (AvgIpc) is 3.30. The molecule has 0 radical (unpaired) electrons. The van der Waals surface area contributed by atoms with Gasteiger partial charge in [0.25, 0.3) is 5.91 Å². The van der Waals surface area contributed by atoms with Crippen molar-refractivity contribution in [2.75, 3.05) is 5.32 Å². The number of carbonyl (C=O) groups excluding carboxylic acids is 1. The number of benzene rings is 3. The van der Waals surface area contributed by atoms with Gasteiger partial charge in [-0.2, -0.15) is 16.9 Å². The molecule has 0 bridgehead atoms. The van der Waals surface area contributed by atoms with Crippen molar-refractivity contribution in [2.24, 2.45) is 0 Å². The maximum Gasteiger partial charge on any atom is 0.257 e. The molecule has 0 saturated heterocycles. The summed E-state index contributed by atoms with van der Waals surface area (Å²) in [4.78, 5) is 13.3. The maximum absolute atomic E-state index is 13.3. The second-order valence-corrected chi connectivity index (χ2v) is 8.43. The molecule has 4 nitrogen and oxygen atoms in total. The van der Waals surface area contributed by atoms with Crippen LogP contribution in [0.25, 0.3) is 16.5 Å². The Hall–Kier alpha value is -3.05. The van der Waals surface area contributed by atoms with Gasteiger partial charge in [0.1, 0.15) is 5.82 Å². The Bertz CT molecular complexity index is 1250. The molecule has 3 aromatic carbocycles. The van der Waals surface area contributed by atoms with Gasteiger partial charge in [-0.3, -0.25) is 4.79 Å². The van der Waals surface area contributed by atoms with Crippen LogP contribution in [0.3, 0.4) is 0 Å². The topological polar surface area (TPSA) is 46.9 Å². The van der Waals surface area contributed by atoms with Gasteiger partial charge in [0, 0.05) is 22.6 Å². The molecule has 1 aromatic heterocycles. The van der Waals surface area contributed by atoms with Crippen molar-refractivity contribution >= 4 is 34.3 Å². The third-order valence-electron chi connectivity index (χ3n) is 5.40. The summed E-state index contributed by atoms with van der Waals surface area (Å²) in [5.41, 5.74) is 6.22. The van der Waals surface area contributed by atoms with Gasteiger partial charge >= 0.3 is 0 Å². The minimum Gasteiger partial charge on any atom is -0.306 e. The minimum absolute atomic E-state index is 0.104. The van der Waals surface area contributed by atoms with Crippen LogP contribution in [-0.2, 0) is 11.5 Å². The Kier molecular flexibility index (Phi) is 4.40. The molecule has 29 heavy (non-hydrogen) atoms. The van der Waals surface area contributed by atoms with E-state index in [1.165, 1.54) is 5.56 Å². The summed E-state index contributed by atoms with van der Waals surface area (Å²) < 4.78 is 1.90. The number of nitrogens with one attached hydrogen (secondary N) is 1. The van der Waals surface area contributed by atoms with Crippen molar-refractivity contribution in [3.8, 4) is 5.69 Å². The van der Waals surface area contributed by atoms with E-state index in [0.29, 0.717) is 5.56 Å². The fourth-order valence-electron chi connectivity index (χ4n) is 3.96. The van der Waals surface area contributed by atoms with Crippen LogP contribution >= 0.6 is 11.8 Å². The molecule has 1 aliphatic rings. The van der Waals surface area contributed by atoms with E-state index in [4.69, 9.17) is 5.10 Å². The number of nitrogens with zero attached hydrogens (tertiary/aromatic N) is 2. The normalized spacial score (nSPS) is 12.9. The molecule has 4 aromatic rings. The van der Waals surface area contributed by atoms with Gasteiger partial charge in [-0.1, -0.05) is 54.1 Å². The van der Waals surface area contributed by atoms with E-state index in [1.54, 1.807) is 0 Å². The van der Waals surface area contributed by atoms with Crippen LogP contribution in [0.15, 0.2) is 60.7 Å². The molecular weight excluding hydrogens is 378 g/mol. The summed E-state index contributed by atoms with van der Waals surface area (Å²) >= 11 is 1.83. The molecule has 2 heterocycles. The van der Waals surface area contributed by atoms with Crippen LogP contribution in [0.4, 0.5) is 5.82 Å². The van der Waals surface area contributed by atoms with Crippen LogP contribution in [0.1, 0.15) is 32.7 Å². The van der Waals surface area contributed by atoms with Crippen molar-refractivity contribution in [1.82, 2.24) is 9.78 Å². The first-order valence-corrected chi connectivity index (χ1v) is 10.8. The van der Waals surface area contributed by atoms with Crippen molar-refractivity contribution in [2.45, 2.75) is 25.4 Å². The van der Waals surface area contributed by atoms with Gasteiger partial charge in [-0.25, -0.2) is 4.68 Å². The second-order valence-electron chi connectivity index (χ2n) is 7.45. The summed E-state index contributed by atoms with van der Waals surface area (Å²) in [5.74, 6) is 2.43. The lowest BCUT2D eigenvalue weighted by Gasteiger charge is -2.14. The predicted octanol–water partition coefficient (Wildman–Crippen LogP) is 5.64. The zero-order valence-electron chi connectivity index (χ0n) is 16.4. The van der Waals surface area contributed by atoms with E-state index >= 15 is 0 Å². The van der Waals surface area contributed by atoms with Crippen LogP contribution < -0.4 is 5.32 Å². The van der Waals surface area contributed by atoms with E-state index in [2.05, 4.69) is 37.4 Å². The largest absolute Gasteiger partial charge is 0.306 e. The molecule has 5 heteroatoms.